The molecule has 0 saturated carbocycles. The Labute approximate surface area is 78.1 Å². The molecular formula is C8H17N3O2. The Balaban J connectivity index is 3.67. The van der Waals surface area contributed by atoms with Gasteiger partial charge in [0, 0.05) is 13.0 Å². The summed E-state index contributed by atoms with van der Waals surface area (Å²) in [4.78, 5) is 22.0. The van der Waals surface area contributed by atoms with Gasteiger partial charge in [-0.15, -0.1) is 0 Å². The third kappa shape index (κ3) is 5.19. The van der Waals surface area contributed by atoms with Crippen LogP contribution in [0.1, 0.15) is 13.3 Å². The SMILES string of the molecule is CNC(=O)CNC(=O)C(C)CCN. The van der Waals surface area contributed by atoms with Crippen LogP contribution in [-0.2, 0) is 9.59 Å². The Bertz CT molecular complexity index is 182. The average Bonchev–Trinajstić information content (AvgIpc) is 2.13. The van der Waals surface area contributed by atoms with Crippen molar-refractivity contribution in [2.24, 2.45) is 11.7 Å². The molecule has 4 N–H and O–H groups in total. The van der Waals surface area contributed by atoms with Gasteiger partial charge in [-0.2, -0.15) is 0 Å². The number of rotatable bonds is 5. The molecule has 0 saturated heterocycles. The van der Waals surface area contributed by atoms with Gasteiger partial charge >= 0.3 is 0 Å². The van der Waals surface area contributed by atoms with Crippen LogP contribution in [0.2, 0.25) is 0 Å². The molecule has 0 spiro atoms. The lowest BCUT2D eigenvalue weighted by Gasteiger charge is -2.09. The van der Waals surface area contributed by atoms with E-state index in [1.807, 2.05) is 0 Å². The number of nitrogens with two attached hydrogens (primary N) is 1. The fraction of sp³-hybridized carbons (Fsp3) is 0.750. The summed E-state index contributed by atoms with van der Waals surface area (Å²) < 4.78 is 0. The maximum absolute atomic E-state index is 11.2. The Morgan fingerprint density at radius 2 is 2.08 bits per heavy atom. The lowest BCUT2D eigenvalue weighted by Crippen LogP contribution is -2.38. The van der Waals surface area contributed by atoms with Crippen molar-refractivity contribution in [2.45, 2.75) is 13.3 Å². The molecule has 0 aromatic heterocycles. The van der Waals surface area contributed by atoms with E-state index in [0.717, 1.165) is 0 Å². The molecule has 0 aliphatic carbocycles. The van der Waals surface area contributed by atoms with Crippen molar-refractivity contribution < 1.29 is 9.59 Å². The molecule has 0 aliphatic rings. The molecule has 0 fully saturated rings. The van der Waals surface area contributed by atoms with Crippen molar-refractivity contribution in [1.29, 1.82) is 0 Å². The van der Waals surface area contributed by atoms with Gasteiger partial charge < -0.3 is 16.4 Å². The lowest BCUT2D eigenvalue weighted by atomic mass is 10.1. The number of hydrogen-bond donors (Lipinski definition) is 3. The molecule has 1 unspecified atom stereocenters. The standard InChI is InChI=1S/C8H17N3O2/c1-6(3-4-9)8(13)11-5-7(12)10-2/h6H,3-5,9H2,1-2H3,(H,10,12)(H,11,13). The highest BCUT2D eigenvalue weighted by molar-refractivity contribution is 5.85. The van der Waals surface area contributed by atoms with E-state index in [1.165, 1.54) is 7.05 Å². The van der Waals surface area contributed by atoms with Crippen LogP contribution in [0.5, 0.6) is 0 Å². The third-order valence-electron chi connectivity index (χ3n) is 1.75. The Morgan fingerprint density at radius 1 is 1.46 bits per heavy atom. The van der Waals surface area contributed by atoms with Gasteiger partial charge in [-0.3, -0.25) is 9.59 Å². The fourth-order valence-electron chi connectivity index (χ4n) is 0.811. The first kappa shape index (κ1) is 11.9. The van der Waals surface area contributed by atoms with Gasteiger partial charge in [-0.25, -0.2) is 0 Å². The second-order valence-electron chi connectivity index (χ2n) is 2.87. The molecule has 0 bridgehead atoms. The van der Waals surface area contributed by atoms with Gasteiger partial charge in [0.2, 0.25) is 11.8 Å². The van der Waals surface area contributed by atoms with Crippen LogP contribution < -0.4 is 16.4 Å². The summed E-state index contributed by atoms with van der Waals surface area (Å²) in [5.74, 6) is -0.461. The first-order chi connectivity index (χ1) is 6.11. The molecule has 13 heavy (non-hydrogen) atoms. The van der Waals surface area contributed by atoms with Crippen molar-refractivity contribution in [1.82, 2.24) is 10.6 Å². The van der Waals surface area contributed by atoms with E-state index in [4.69, 9.17) is 5.73 Å². The van der Waals surface area contributed by atoms with Crippen LogP contribution >= 0.6 is 0 Å². The van der Waals surface area contributed by atoms with E-state index in [1.54, 1.807) is 6.92 Å². The Morgan fingerprint density at radius 3 is 2.54 bits per heavy atom. The second kappa shape index (κ2) is 6.42. The Hall–Kier alpha value is -1.10. The van der Waals surface area contributed by atoms with E-state index >= 15 is 0 Å². The average molecular weight is 187 g/mol. The first-order valence-electron chi connectivity index (χ1n) is 4.30. The molecule has 1 atom stereocenters. The normalized spacial score (nSPS) is 11.9. The largest absolute Gasteiger partial charge is 0.358 e. The molecule has 0 aromatic rings. The van der Waals surface area contributed by atoms with Gasteiger partial charge in [-0.1, -0.05) is 6.92 Å². The molecule has 0 heterocycles. The first-order valence-corrected chi connectivity index (χ1v) is 4.30. The third-order valence-corrected chi connectivity index (χ3v) is 1.75. The predicted molar refractivity (Wildman–Crippen MR) is 49.9 cm³/mol. The van der Waals surface area contributed by atoms with E-state index in [0.29, 0.717) is 13.0 Å². The monoisotopic (exact) mass is 187 g/mol. The quantitative estimate of drug-likeness (QED) is 0.507. The summed E-state index contributed by atoms with van der Waals surface area (Å²) in [7, 11) is 1.53. The van der Waals surface area contributed by atoms with E-state index < -0.39 is 0 Å². The van der Waals surface area contributed by atoms with Crippen LogP contribution in [0.25, 0.3) is 0 Å². The summed E-state index contributed by atoms with van der Waals surface area (Å²) in [6.07, 6.45) is 0.638. The Kier molecular flexibility index (Phi) is 5.88. The maximum Gasteiger partial charge on any atom is 0.239 e. The second-order valence-corrected chi connectivity index (χ2v) is 2.87. The van der Waals surface area contributed by atoms with E-state index in [2.05, 4.69) is 10.6 Å². The molecule has 0 aliphatic heterocycles. The summed E-state index contributed by atoms with van der Waals surface area (Å²) in [6.45, 7) is 2.30. The van der Waals surface area contributed by atoms with Gasteiger partial charge in [0.25, 0.3) is 0 Å². The zero-order chi connectivity index (χ0) is 10.3. The van der Waals surface area contributed by atoms with Gasteiger partial charge in [0.05, 0.1) is 6.54 Å². The zero-order valence-electron chi connectivity index (χ0n) is 8.09. The van der Waals surface area contributed by atoms with Crippen molar-refractivity contribution in [3.8, 4) is 0 Å². The summed E-state index contributed by atoms with van der Waals surface area (Å²) in [5.41, 5.74) is 5.29. The van der Waals surface area contributed by atoms with Crippen LogP contribution in [-0.4, -0.2) is 32.0 Å². The van der Waals surface area contributed by atoms with Crippen molar-refractivity contribution in [3.05, 3.63) is 0 Å². The van der Waals surface area contributed by atoms with E-state index in [9.17, 15) is 9.59 Å². The van der Waals surface area contributed by atoms with Crippen molar-refractivity contribution in [2.75, 3.05) is 20.1 Å². The fourth-order valence-corrected chi connectivity index (χ4v) is 0.811. The molecule has 0 aromatic carbocycles. The van der Waals surface area contributed by atoms with Crippen molar-refractivity contribution >= 4 is 11.8 Å². The van der Waals surface area contributed by atoms with Crippen LogP contribution in [0, 0.1) is 5.92 Å². The predicted octanol–water partition coefficient (Wildman–Crippen LogP) is -1.17. The number of carbonyl (C=O) groups excluding carboxylic acids is 2. The van der Waals surface area contributed by atoms with Crippen LogP contribution in [0.15, 0.2) is 0 Å². The molecular weight excluding hydrogens is 170 g/mol. The highest BCUT2D eigenvalue weighted by Crippen LogP contribution is 1.98. The van der Waals surface area contributed by atoms with Gasteiger partial charge in [0.1, 0.15) is 0 Å². The van der Waals surface area contributed by atoms with Crippen molar-refractivity contribution in [3.63, 3.8) is 0 Å². The topological polar surface area (TPSA) is 84.2 Å². The number of likely N-dealkylation sites (N-methyl/N-ethyl adjacent to an activating group) is 1. The summed E-state index contributed by atoms with van der Waals surface area (Å²) in [6, 6.07) is 0. The minimum absolute atomic E-state index is 0.0320. The molecule has 5 heteroatoms. The minimum atomic E-state index is -0.201. The highest BCUT2D eigenvalue weighted by Gasteiger charge is 2.11. The molecule has 0 rings (SSSR count). The van der Waals surface area contributed by atoms with Gasteiger partial charge in [-0.05, 0) is 13.0 Å². The maximum atomic E-state index is 11.2. The molecule has 2 amide bonds. The molecule has 5 nitrogen and oxygen atoms in total. The minimum Gasteiger partial charge on any atom is -0.358 e. The highest BCUT2D eigenvalue weighted by atomic mass is 16.2. The van der Waals surface area contributed by atoms with Crippen LogP contribution in [0.4, 0.5) is 0 Å². The van der Waals surface area contributed by atoms with Crippen LogP contribution in [0.3, 0.4) is 0 Å². The number of hydrogen-bond acceptors (Lipinski definition) is 3. The summed E-state index contributed by atoms with van der Waals surface area (Å²) >= 11 is 0. The number of nitrogens with one attached hydrogen (secondary N) is 2. The number of amides is 2. The molecule has 76 valence electrons. The number of carbonyl (C=O) groups is 2. The lowest BCUT2D eigenvalue weighted by molar-refractivity contribution is -0.128. The zero-order valence-corrected chi connectivity index (χ0v) is 8.09. The van der Waals surface area contributed by atoms with E-state index in [-0.39, 0.29) is 24.3 Å². The summed E-state index contributed by atoms with van der Waals surface area (Å²) in [5, 5.41) is 4.92. The molecule has 0 radical (unpaired) electrons. The van der Waals surface area contributed by atoms with Gasteiger partial charge in [0.15, 0.2) is 0 Å². The smallest absolute Gasteiger partial charge is 0.239 e.